The third-order valence-corrected chi connectivity index (χ3v) is 4.38. The molecular weight excluding hydrogens is 294 g/mol. The number of benzene rings is 1. The highest BCUT2D eigenvalue weighted by Gasteiger charge is 2.52. The van der Waals surface area contributed by atoms with Crippen LogP contribution in [0.4, 0.5) is 13.6 Å². The maximum absolute atomic E-state index is 13.7. The van der Waals surface area contributed by atoms with Gasteiger partial charge < -0.3 is 10.4 Å². The van der Waals surface area contributed by atoms with Gasteiger partial charge in [-0.05, 0) is 31.0 Å². The molecule has 2 aliphatic rings. The standard InChI is InChI=1S/C15H16F2N2O3/c16-9-3-4-11(17)10(7-9)12(20)8-19-13(21)15(18-14(19)22)5-1-2-6-15/h3-4,7,12,20H,1-2,5-6,8H2,(H,18,22)/t12-/m0/s1. The Morgan fingerprint density at radius 2 is 1.95 bits per heavy atom. The molecular formula is C15H16F2N2O3. The van der Waals surface area contributed by atoms with Gasteiger partial charge in [0.1, 0.15) is 23.3 Å². The lowest BCUT2D eigenvalue weighted by molar-refractivity contribution is -0.132. The quantitative estimate of drug-likeness (QED) is 0.837. The number of hydrogen-bond donors (Lipinski definition) is 2. The molecule has 1 aromatic carbocycles. The Balaban J connectivity index is 1.79. The molecule has 2 fully saturated rings. The summed E-state index contributed by atoms with van der Waals surface area (Å²) in [6, 6.07) is 2.11. The number of carbonyl (C=O) groups is 2. The zero-order chi connectivity index (χ0) is 15.9. The number of carbonyl (C=O) groups excluding carboxylic acids is 2. The van der Waals surface area contributed by atoms with Gasteiger partial charge >= 0.3 is 6.03 Å². The fourth-order valence-electron chi connectivity index (χ4n) is 3.20. The predicted octanol–water partition coefficient (Wildman–Crippen LogP) is 1.86. The Hall–Kier alpha value is -2.02. The molecule has 118 valence electrons. The molecule has 5 nitrogen and oxygen atoms in total. The zero-order valence-electron chi connectivity index (χ0n) is 11.8. The molecule has 1 aliphatic heterocycles. The maximum atomic E-state index is 13.7. The Bertz CT molecular complexity index is 629. The van der Waals surface area contributed by atoms with E-state index in [4.69, 9.17) is 0 Å². The second-order valence-corrected chi connectivity index (χ2v) is 5.82. The van der Waals surface area contributed by atoms with Crippen molar-refractivity contribution in [3.63, 3.8) is 0 Å². The van der Waals surface area contributed by atoms with Crippen molar-refractivity contribution in [3.8, 4) is 0 Å². The molecule has 1 atom stereocenters. The van der Waals surface area contributed by atoms with Crippen molar-refractivity contribution in [1.82, 2.24) is 10.2 Å². The fraction of sp³-hybridized carbons (Fsp3) is 0.467. The van der Waals surface area contributed by atoms with Crippen LogP contribution in [0.15, 0.2) is 18.2 Å². The van der Waals surface area contributed by atoms with Gasteiger partial charge in [-0.2, -0.15) is 0 Å². The minimum atomic E-state index is -1.47. The summed E-state index contributed by atoms with van der Waals surface area (Å²) < 4.78 is 26.8. The van der Waals surface area contributed by atoms with Crippen LogP contribution in [-0.2, 0) is 4.79 Å². The summed E-state index contributed by atoms with van der Waals surface area (Å²) in [7, 11) is 0. The van der Waals surface area contributed by atoms with Crippen LogP contribution >= 0.6 is 0 Å². The highest BCUT2D eigenvalue weighted by Crippen LogP contribution is 2.35. The third kappa shape index (κ3) is 2.35. The molecule has 3 amide bonds. The number of aliphatic hydroxyl groups is 1. The number of hydrogen-bond acceptors (Lipinski definition) is 3. The normalized spacial score (nSPS) is 21.5. The first-order valence-corrected chi connectivity index (χ1v) is 7.20. The Morgan fingerprint density at radius 3 is 2.64 bits per heavy atom. The third-order valence-electron chi connectivity index (χ3n) is 4.38. The molecule has 1 aliphatic carbocycles. The molecule has 1 aromatic rings. The number of nitrogens with zero attached hydrogens (tertiary/aromatic N) is 1. The van der Waals surface area contributed by atoms with Crippen molar-refractivity contribution < 1.29 is 23.5 Å². The molecule has 0 bridgehead atoms. The van der Waals surface area contributed by atoms with Crippen molar-refractivity contribution in [3.05, 3.63) is 35.4 Å². The van der Waals surface area contributed by atoms with E-state index in [1.807, 2.05) is 0 Å². The predicted molar refractivity (Wildman–Crippen MR) is 72.8 cm³/mol. The number of urea groups is 1. The van der Waals surface area contributed by atoms with E-state index in [2.05, 4.69) is 5.32 Å². The summed E-state index contributed by atoms with van der Waals surface area (Å²) in [5.74, 6) is -1.87. The van der Waals surface area contributed by atoms with Gasteiger partial charge in [0.2, 0.25) is 0 Å². The number of nitrogens with one attached hydrogen (secondary N) is 1. The molecule has 7 heteroatoms. The number of β-amino-alcohol motifs (C(OH)–C–C–N with tert-alkyl or cyclic N) is 1. The highest BCUT2D eigenvalue weighted by molar-refractivity contribution is 6.07. The second-order valence-electron chi connectivity index (χ2n) is 5.82. The monoisotopic (exact) mass is 310 g/mol. The average molecular weight is 310 g/mol. The molecule has 22 heavy (non-hydrogen) atoms. The van der Waals surface area contributed by atoms with Crippen LogP contribution in [0.1, 0.15) is 37.4 Å². The van der Waals surface area contributed by atoms with Crippen LogP contribution < -0.4 is 5.32 Å². The topological polar surface area (TPSA) is 69.6 Å². The van der Waals surface area contributed by atoms with E-state index in [1.54, 1.807) is 0 Å². The van der Waals surface area contributed by atoms with E-state index in [-0.39, 0.29) is 5.56 Å². The van der Waals surface area contributed by atoms with Crippen LogP contribution in [-0.4, -0.2) is 34.0 Å². The Labute approximate surface area is 125 Å². The van der Waals surface area contributed by atoms with E-state index in [9.17, 15) is 23.5 Å². The van der Waals surface area contributed by atoms with Gasteiger partial charge in [-0.3, -0.25) is 9.69 Å². The smallest absolute Gasteiger partial charge is 0.325 e. The van der Waals surface area contributed by atoms with Crippen molar-refractivity contribution in [2.24, 2.45) is 0 Å². The molecule has 1 spiro atoms. The lowest BCUT2D eigenvalue weighted by Crippen LogP contribution is -2.44. The second kappa shape index (κ2) is 5.31. The molecule has 1 saturated heterocycles. The van der Waals surface area contributed by atoms with Crippen molar-refractivity contribution in [2.75, 3.05) is 6.54 Å². The highest BCUT2D eigenvalue weighted by atomic mass is 19.1. The summed E-state index contributed by atoms with van der Waals surface area (Å²) >= 11 is 0. The largest absolute Gasteiger partial charge is 0.386 e. The van der Waals surface area contributed by atoms with Gasteiger partial charge in [0.15, 0.2) is 0 Å². The number of imide groups is 1. The number of amides is 3. The van der Waals surface area contributed by atoms with Crippen molar-refractivity contribution in [2.45, 2.75) is 37.3 Å². The first-order valence-electron chi connectivity index (χ1n) is 7.20. The molecule has 2 N–H and O–H groups in total. The lowest BCUT2D eigenvalue weighted by atomic mass is 9.98. The summed E-state index contributed by atoms with van der Waals surface area (Å²) in [6.07, 6.45) is 1.36. The van der Waals surface area contributed by atoms with Crippen LogP contribution in [0.25, 0.3) is 0 Å². The van der Waals surface area contributed by atoms with Gasteiger partial charge in [-0.25, -0.2) is 13.6 Å². The van der Waals surface area contributed by atoms with E-state index >= 15 is 0 Å². The first kappa shape index (κ1) is 14.9. The molecule has 3 rings (SSSR count). The minimum Gasteiger partial charge on any atom is -0.386 e. The van der Waals surface area contributed by atoms with Crippen LogP contribution in [0.3, 0.4) is 0 Å². The summed E-state index contributed by atoms with van der Waals surface area (Å²) in [5, 5.41) is 12.7. The van der Waals surface area contributed by atoms with Gasteiger partial charge in [-0.1, -0.05) is 12.8 Å². The minimum absolute atomic E-state index is 0.270. The van der Waals surface area contributed by atoms with Crippen LogP contribution in [0.2, 0.25) is 0 Å². The molecule has 1 saturated carbocycles. The SMILES string of the molecule is O=C1NC2(CCCC2)C(=O)N1C[C@H](O)c1cc(F)ccc1F. The van der Waals surface area contributed by atoms with Crippen molar-refractivity contribution >= 4 is 11.9 Å². The van der Waals surface area contributed by atoms with E-state index in [0.717, 1.165) is 35.9 Å². The maximum Gasteiger partial charge on any atom is 0.325 e. The summed E-state index contributed by atoms with van der Waals surface area (Å²) in [4.78, 5) is 25.3. The Kier molecular flexibility index (Phi) is 3.60. The first-order chi connectivity index (χ1) is 10.4. The van der Waals surface area contributed by atoms with Crippen LogP contribution in [0, 0.1) is 11.6 Å². The molecule has 0 aromatic heterocycles. The summed E-state index contributed by atoms with van der Waals surface area (Å²) in [5.41, 5.74) is -1.15. The van der Waals surface area contributed by atoms with Gasteiger partial charge in [-0.15, -0.1) is 0 Å². The Morgan fingerprint density at radius 1 is 1.27 bits per heavy atom. The summed E-state index contributed by atoms with van der Waals surface area (Å²) in [6.45, 7) is -0.396. The molecule has 0 radical (unpaired) electrons. The number of aliphatic hydroxyl groups excluding tert-OH is 1. The molecule has 0 unspecified atom stereocenters. The lowest BCUT2D eigenvalue weighted by Gasteiger charge is -2.21. The van der Waals surface area contributed by atoms with E-state index < -0.39 is 41.8 Å². The zero-order valence-corrected chi connectivity index (χ0v) is 11.8. The van der Waals surface area contributed by atoms with E-state index in [0.29, 0.717) is 12.8 Å². The number of halogens is 2. The van der Waals surface area contributed by atoms with Gasteiger partial charge in [0.25, 0.3) is 5.91 Å². The number of rotatable bonds is 3. The van der Waals surface area contributed by atoms with E-state index in [1.165, 1.54) is 0 Å². The van der Waals surface area contributed by atoms with Gasteiger partial charge in [0.05, 0.1) is 6.54 Å². The average Bonchev–Trinajstić information content (AvgIpc) is 3.03. The van der Waals surface area contributed by atoms with Crippen molar-refractivity contribution in [1.29, 1.82) is 0 Å². The van der Waals surface area contributed by atoms with Gasteiger partial charge in [0, 0.05) is 5.56 Å². The fourth-order valence-corrected chi connectivity index (χ4v) is 3.20. The molecule has 1 heterocycles. The van der Waals surface area contributed by atoms with Crippen LogP contribution in [0.5, 0.6) is 0 Å².